The van der Waals surface area contributed by atoms with Gasteiger partial charge in [-0.1, -0.05) is 115 Å². The molecule has 0 unspecified atom stereocenters. The third-order valence-corrected chi connectivity index (χ3v) is 9.63. The first-order valence-corrected chi connectivity index (χ1v) is 16.1. The maximum Gasteiger partial charge on any atom is 0.0641 e. The molecule has 3 heterocycles. The Morgan fingerprint density at radius 3 is 1.47 bits per heavy atom. The predicted octanol–water partition coefficient (Wildman–Crippen LogP) is 11.8. The summed E-state index contributed by atoms with van der Waals surface area (Å²) < 4.78 is 4.88. The summed E-state index contributed by atoms with van der Waals surface area (Å²) in [4.78, 5) is 2.41. The van der Waals surface area contributed by atoms with Gasteiger partial charge >= 0.3 is 0 Å². The number of rotatable bonds is 3. The lowest BCUT2D eigenvalue weighted by Crippen LogP contribution is -2.11. The van der Waals surface area contributed by atoms with E-state index < -0.39 is 0 Å². The molecule has 0 aliphatic carbocycles. The number of hydrogen-bond acceptors (Lipinski definition) is 1. The van der Waals surface area contributed by atoms with Crippen molar-refractivity contribution in [2.75, 3.05) is 4.90 Å². The molecule has 0 bridgehead atoms. The topological polar surface area (TPSA) is 13.1 Å². The van der Waals surface area contributed by atoms with Crippen LogP contribution in [0.25, 0.3) is 66.5 Å². The highest BCUT2D eigenvalue weighted by Gasteiger charge is 2.31. The molecule has 1 aliphatic heterocycles. The molecule has 0 spiro atoms. The van der Waals surface area contributed by atoms with Crippen LogP contribution in [-0.4, -0.2) is 9.13 Å². The maximum absolute atomic E-state index is 2.48. The Bertz CT molecular complexity index is 2590. The number of para-hydroxylation sites is 6. The van der Waals surface area contributed by atoms with E-state index in [9.17, 15) is 0 Å². The van der Waals surface area contributed by atoms with Crippen LogP contribution in [0.3, 0.4) is 0 Å². The van der Waals surface area contributed by atoms with Gasteiger partial charge in [0.05, 0.1) is 33.6 Å². The van der Waals surface area contributed by atoms with Gasteiger partial charge in [-0.3, -0.25) is 0 Å². The lowest BCUT2D eigenvalue weighted by atomic mass is 9.98. The van der Waals surface area contributed by atoms with Crippen LogP contribution in [0.5, 0.6) is 0 Å². The maximum atomic E-state index is 2.48. The van der Waals surface area contributed by atoms with Crippen molar-refractivity contribution in [2.24, 2.45) is 0 Å². The average Bonchev–Trinajstić information content (AvgIpc) is 3.62. The smallest absolute Gasteiger partial charge is 0.0641 e. The summed E-state index contributed by atoms with van der Waals surface area (Å²) in [6.45, 7) is 0. The molecule has 0 saturated carbocycles. The van der Waals surface area contributed by atoms with Crippen LogP contribution >= 0.6 is 0 Å². The number of aromatic nitrogens is 2. The number of benzene rings is 7. The van der Waals surface area contributed by atoms with E-state index in [1.54, 1.807) is 0 Å². The molecule has 0 N–H and O–H groups in total. The minimum Gasteiger partial charge on any atom is -0.309 e. The second kappa shape index (κ2) is 10.1. The molecule has 0 fully saturated rings. The molecule has 1 aliphatic rings. The van der Waals surface area contributed by atoms with Gasteiger partial charge in [0, 0.05) is 49.9 Å². The Hall–Kier alpha value is -6.32. The number of fused-ring (bicyclic) bond motifs is 10. The van der Waals surface area contributed by atoms with E-state index in [0.717, 1.165) is 22.7 Å². The van der Waals surface area contributed by atoms with E-state index in [2.05, 4.69) is 190 Å². The Kier molecular flexibility index (Phi) is 5.57. The summed E-state index contributed by atoms with van der Waals surface area (Å²) >= 11 is 0. The number of hydrogen-bond donors (Lipinski definition) is 0. The molecular formula is C44H29N3. The van der Waals surface area contributed by atoms with Crippen LogP contribution in [0.2, 0.25) is 0 Å². The van der Waals surface area contributed by atoms with E-state index in [-0.39, 0.29) is 0 Å². The normalized spacial score (nSPS) is 12.2. The van der Waals surface area contributed by atoms with Crippen molar-refractivity contribution in [1.29, 1.82) is 0 Å². The van der Waals surface area contributed by atoms with Gasteiger partial charge in [-0.25, -0.2) is 0 Å². The highest BCUT2D eigenvalue weighted by molar-refractivity contribution is 6.13. The van der Waals surface area contributed by atoms with Crippen molar-refractivity contribution in [3.63, 3.8) is 0 Å². The second-order valence-electron chi connectivity index (χ2n) is 12.2. The zero-order valence-electron chi connectivity index (χ0n) is 25.6. The number of anilines is 3. The Morgan fingerprint density at radius 2 is 0.787 bits per heavy atom. The van der Waals surface area contributed by atoms with Gasteiger partial charge in [-0.15, -0.1) is 0 Å². The van der Waals surface area contributed by atoms with Crippen molar-refractivity contribution in [2.45, 2.75) is 0 Å². The molecular weight excluding hydrogens is 571 g/mol. The van der Waals surface area contributed by atoms with E-state index in [4.69, 9.17) is 0 Å². The second-order valence-corrected chi connectivity index (χ2v) is 12.2. The van der Waals surface area contributed by atoms with Crippen LogP contribution in [-0.2, 0) is 0 Å². The van der Waals surface area contributed by atoms with Crippen LogP contribution in [0.4, 0.5) is 17.1 Å². The Morgan fingerprint density at radius 1 is 0.319 bits per heavy atom. The van der Waals surface area contributed by atoms with Crippen LogP contribution in [0.1, 0.15) is 0 Å². The molecule has 0 saturated heterocycles. The lowest BCUT2D eigenvalue weighted by molar-refractivity contribution is 1.11. The standard InChI is InChI=1S/C44H29N3/c1-2-15-30(16-3-1)45-40-26-11-6-21-35(40)43-36-22-7-12-27-41(36)47(44(43)37-23-8-13-28-42(37)45)32-18-14-17-31(29-32)46-38-24-9-4-19-33(38)34-20-5-10-25-39(34)46/h1-29H. The fraction of sp³-hybridized carbons (Fsp3) is 0. The summed E-state index contributed by atoms with van der Waals surface area (Å²) in [6.07, 6.45) is 0. The summed E-state index contributed by atoms with van der Waals surface area (Å²) in [6, 6.07) is 63.7. The molecule has 220 valence electrons. The van der Waals surface area contributed by atoms with Crippen molar-refractivity contribution in [3.8, 4) is 33.8 Å². The minimum atomic E-state index is 1.13. The average molecular weight is 600 g/mol. The first-order valence-electron chi connectivity index (χ1n) is 16.1. The van der Waals surface area contributed by atoms with Crippen LogP contribution < -0.4 is 4.90 Å². The zero-order chi connectivity index (χ0) is 30.9. The SMILES string of the molecule is c1ccc(N2c3ccccc3-c3c(n(-c4cccc(-n5c6ccccc6c6ccccc65)c4)c4ccccc34)-c3ccccc32)cc1. The summed E-state index contributed by atoms with van der Waals surface area (Å²) in [5.41, 5.74) is 14.2. The van der Waals surface area contributed by atoms with Gasteiger partial charge in [0.15, 0.2) is 0 Å². The molecule has 9 aromatic rings. The highest BCUT2D eigenvalue weighted by Crippen LogP contribution is 2.54. The van der Waals surface area contributed by atoms with E-state index in [0.29, 0.717) is 0 Å². The van der Waals surface area contributed by atoms with Gasteiger partial charge in [-0.2, -0.15) is 0 Å². The number of nitrogens with zero attached hydrogens (tertiary/aromatic N) is 3. The zero-order valence-corrected chi connectivity index (χ0v) is 25.6. The van der Waals surface area contributed by atoms with Gasteiger partial charge in [0.25, 0.3) is 0 Å². The first-order chi connectivity index (χ1) is 23.4. The first kappa shape index (κ1) is 26.0. The molecule has 3 nitrogen and oxygen atoms in total. The molecule has 47 heavy (non-hydrogen) atoms. The van der Waals surface area contributed by atoms with Gasteiger partial charge in [-0.05, 0) is 60.7 Å². The molecule has 0 radical (unpaired) electrons. The largest absolute Gasteiger partial charge is 0.309 e. The molecule has 3 heteroatoms. The van der Waals surface area contributed by atoms with Gasteiger partial charge in [0.1, 0.15) is 0 Å². The fourth-order valence-electron chi connectivity index (χ4n) is 7.74. The fourth-order valence-corrected chi connectivity index (χ4v) is 7.74. The van der Waals surface area contributed by atoms with E-state index in [1.807, 2.05) is 0 Å². The van der Waals surface area contributed by atoms with Crippen LogP contribution in [0, 0.1) is 0 Å². The Labute approximate surface area is 272 Å². The Balaban J connectivity index is 1.31. The molecule has 10 rings (SSSR count). The molecule has 2 aromatic heterocycles. The molecule has 7 aromatic carbocycles. The minimum absolute atomic E-state index is 1.13. The van der Waals surface area contributed by atoms with Gasteiger partial charge < -0.3 is 14.0 Å². The third-order valence-electron chi connectivity index (χ3n) is 9.63. The van der Waals surface area contributed by atoms with Crippen molar-refractivity contribution < 1.29 is 0 Å². The summed E-state index contributed by atoms with van der Waals surface area (Å²) in [5, 5.41) is 3.77. The lowest BCUT2D eigenvalue weighted by Gasteiger charge is -2.27. The summed E-state index contributed by atoms with van der Waals surface area (Å²) in [5.74, 6) is 0. The monoisotopic (exact) mass is 599 g/mol. The van der Waals surface area contributed by atoms with Crippen molar-refractivity contribution >= 4 is 49.8 Å². The van der Waals surface area contributed by atoms with Crippen molar-refractivity contribution in [3.05, 3.63) is 176 Å². The van der Waals surface area contributed by atoms with E-state index >= 15 is 0 Å². The van der Waals surface area contributed by atoms with Crippen LogP contribution in [0.15, 0.2) is 176 Å². The van der Waals surface area contributed by atoms with Crippen molar-refractivity contribution in [1.82, 2.24) is 9.13 Å². The summed E-state index contributed by atoms with van der Waals surface area (Å²) in [7, 11) is 0. The van der Waals surface area contributed by atoms with Gasteiger partial charge in [0.2, 0.25) is 0 Å². The third kappa shape index (κ3) is 3.74. The quantitative estimate of drug-likeness (QED) is 0.197. The predicted molar refractivity (Wildman–Crippen MR) is 197 cm³/mol. The molecule has 0 amide bonds. The van der Waals surface area contributed by atoms with E-state index in [1.165, 1.54) is 60.8 Å². The highest BCUT2D eigenvalue weighted by atomic mass is 15.2. The molecule has 0 atom stereocenters.